The van der Waals surface area contributed by atoms with Gasteiger partial charge in [0.25, 0.3) is 0 Å². The number of unbranched alkanes of at least 4 members (excludes halogenated alkanes) is 1. The van der Waals surface area contributed by atoms with Crippen molar-refractivity contribution in [2.45, 2.75) is 19.8 Å². The predicted octanol–water partition coefficient (Wildman–Crippen LogP) is -0.499. The molecule has 0 spiro atoms. The maximum Gasteiger partial charge on any atom is 0.233 e. The van der Waals surface area contributed by atoms with Crippen LogP contribution in [-0.4, -0.2) is 50.5 Å². The van der Waals surface area contributed by atoms with Gasteiger partial charge in [-0.05, 0) is 6.42 Å². The van der Waals surface area contributed by atoms with Crippen LogP contribution in [0.5, 0.6) is 0 Å². The lowest BCUT2D eigenvalue weighted by Gasteiger charge is -2.06. The molecular formula is C10H22N2O3. The van der Waals surface area contributed by atoms with Gasteiger partial charge >= 0.3 is 0 Å². The second-order valence-corrected chi connectivity index (χ2v) is 3.22. The van der Waals surface area contributed by atoms with Crippen molar-refractivity contribution in [2.24, 2.45) is 0 Å². The first-order valence-corrected chi connectivity index (χ1v) is 5.47. The van der Waals surface area contributed by atoms with Crippen LogP contribution in [0.15, 0.2) is 0 Å². The third kappa shape index (κ3) is 11.3. The summed E-state index contributed by atoms with van der Waals surface area (Å²) in [6, 6.07) is 0. The van der Waals surface area contributed by atoms with E-state index in [2.05, 4.69) is 17.6 Å². The number of carbonyl (C=O) groups excluding carboxylic acids is 1. The van der Waals surface area contributed by atoms with Crippen LogP contribution >= 0.6 is 0 Å². The molecule has 0 unspecified atom stereocenters. The first-order chi connectivity index (χ1) is 7.31. The number of rotatable bonds is 10. The van der Waals surface area contributed by atoms with Crippen LogP contribution < -0.4 is 10.6 Å². The number of hydrogen-bond donors (Lipinski definition) is 3. The Bertz CT molecular complexity index is 154. The molecule has 0 saturated heterocycles. The fraction of sp³-hybridized carbons (Fsp3) is 0.900. The molecule has 5 heteroatoms. The van der Waals surface area contributed by atoms with Crippen LogP contribution in [0.3, 0.4) is 0 Å². The third-order valence-electron chi connectivity index (χ3n) is 1.80. The summed E-state index contributed by atoms with van der Waals surface area (Å²) in [6.45, 7) is 4.69. The summed E-state index contributed by atoms with van der Waals surface area (Å²) in [7, 11) is 0. The van der Waals surface area contributed by atoms with E-state index in [1.165, 1.54) is 0 Å². The Hall–Kier alpha value is -0.650. The van der Waals surface area contributed by atoms with Gasteiger partial charge < -0.3 is 20.5 Å². The van der Waals surface area contributed by atoms with Crippen molar-refractivity contribution in [1.29, 1.82) is 0 Å². The molecule has 0 fully saturated rings. The lowest BCUT2D eigenvalue weighted by molar-refractivity contribution is -0.120. The molecule has 0 radical (unpaired) electrons. The highest BCUT2D eigenvalue weighted by Gasteiger charge is 1.98. The summed E-state index contributed by atoms with van der Waals surface area (Å²) in [4.78, 5) is 11.2. The van der Waals surface area contributed by atoms with Crippen molar-refractivity contribution in [1.82, 2.24) is 10.6 Å². The molecule has 5 nitrogen and oxygen atoms in total. The molecule has 90 valence electrons. The molecule has 0 bridgehead atoms. The van der Waals surface area contributed by atoms with E-state index in [1.54, 1.807) is 0 Å². The quantitative estimate of drug-likeness (QED) is 0.432. The largest absolute Gasteiger partial charge is 0.394 e. The monoisotopic (exact) mass is 218 g/mol. The molecule has 1 amide bonds. The van der Waals surface area contributed by atoms with E-state index in [0.29, 0.717) is 26.3 Å². The zero-order chi connectivity index (χ0) is 11.4. The maximum absolute atomic E-state index is 11.2. The summed E-state index contributed by atoms with van der Waals surface area (Å²) in [6.07, 6.45) is 2.11. The number of nitrogens with one attached hydrogen (secondary N) is 2. The van der Waals surface area contributed by atoms with Crippen LogP contribution in [0.4, 0.5) is 0 Å². The Morgan fingerprint density at radius 2 is 2.13 bits per heavy atom. The molecule has 0 rings (SSSR count). The van der Waals surface area contributed by atoms with Gasteiger partial charge in [-0.3, -0.25) is 4.79 Å². The van der Waals surface area contributed by atoms with Crippen LogP contribution in [0.1, 0.15) is 19.8 Å². The minimum absolute atomic E-state index is 0.0191. The predicted molar refractivity (Wildman–Crippen MR) is 58.7 cm³/mol. The highest BCUT2D eigenvalue weighted by molar-refractivity contribution is 5.77. The zero-order valence-electron chi connectivity index (χ0n) is 9.42. The van der Waals surface area contributed by atoms with E-state index in [0.717, 1.165) is 19.4 Å². The lowest BCUT2D eigenvalue weighted by atomic mass is 10.3. The molecular weight excluding hydrogens is 196 g/mol. The molecule has 0 heterocycles. The Kier molecular flexibility index (Phi) is 10.9. The van der Waals surface area contributed by atoms with Gasteiger partial charge in [-0.25, -0.2) is 0 Å². The van der Waals surface area contributed by atoms with Gasteiger partial charge in [0.1, 0.15) is 0 Å². The number of carbonyl (C=O) groups is 1. The Morgan fingerprint density at radius 3 is 2.80 bits per heavy atom. The van der Waals surface area contributed by atoms with Crippen molar-refractivity contribution in [3.05, 3.63) is 0 Å². The molecule has 0 saturated carbocycles. The van der Waals surface area contributed by atoms with Crippen molar-refractivity contribution in [2.75, 3.05) is 39.5 Å². The summed E-state index contributed by atoms with van der Waals surface area (Å²) in [5, 5.41) is 14.2. The van der Waals surface area contributed by atoms with E-state index in [1.807, 2.05) is 0 Å². The molecule has 3 N–H and O–H groups in total. The van der Waals surface area contributed by atoms with Gasteiger partial charge in [0.05, 0.1) is 26.4 Å². The number of aliphatic hydroxyl groups excluding tert-OH is 1. The highest BCUT2D eigenvalue weighted by atomic mass is 16.5. The average molecular weight is 218 g/mol. The summed E-state index contributed by atoms with van der Waals surface area (Å²) in [5.74, 6) is 0.0191. The Balaban J connectivity index is 3.10. The fourth-order valence-electron chi connectivity index (χ4n) is 0.980. The van der Waals surface area contributed by atoms with E-state index in [4.69, 9.17) is 9.84 Å². The summed E-state index contributed by atoms with van der Waals surface area (Å²) in [5.41, 5.74) is 0. The molecule has 15 heavy (non-hydrogen) atoms. The van der Waals surface area contributed by atoms with E-state index in [-0.39, 0.29) is 12.5 Å². The summed E-state index contributed by atoms with van der Waals surface area (Å²) < 4.78 is 5.02. The van der Waals surface area contributed by atoms with Gasteiger partial charge in [0.15, 0.2) is 0 Å². The first kappa shape index (κ1) is 14.3. The topological polar surface area (TPSA) is 70.6 Å². The van der Waals surface area contributed by atoms with Crippen molar-refractivity contribution in [3.63, 3.8) is 0 Å². The van der Waals surface area contributed by atoms with Gasteiger partial charge in [0.2, 0.25) is 5.91 Å². The molecule has 0 aliphatic rings. The van der Waals surface area contributed by atoms with Crippen molar-refractivity contribution >= 4 is 5.91 Å². The smallest absolute Gasteiger partial charge is 0.233 e. The van der Waals surface area contributed by atoms with Crippen molar-refractivity contribution in [3.8, 4) is 0 Å². The van der Waals surface area contributed by atoms with Crippen LogP contribution in [0.2, 0.25) is 0 Å². The zero-order valence-corrected chi connectivity index (χ0v) is 9.42. The number of aliphatic hydroxyl groups is 1. The normalized spacial score (nSPS) is 10.3. The van der Waals surface area contributed by atoms with Gasteiger partial charge in [-0.15, -0.1) is 0 Å². The maximum atomic E-state index is 11.2. The van der Waals surface area contributed by atoms with Crippen molar-refractivity contribution < 1.29 is 14.6 Å². The SMILES string of the molecule is CCCCNC(=O)CNCCOCCO. The second kappa shape index (κ2) is 11.4. The van der Waals surface area contributed by atoms with Gasteiger partial charge in [-0.1, -0.05) is 13.3 Å². The standard InChI is InChI=1S/C10H22N2O3/c1-2-3-4-12-10(14)9-11-5-7-15-8-6-13/h11,13H,2-9H2,1H3,(H,12,14). The molecule has 0 aromatic rings. The fourth-order valence-corrected chi connectivity index (χ4v) is 0.980. The lowest BCUT2D eigenvalue weighted by Crippen LogP contribution is -2.35. The molecule has 0 aromatic carbocycles. The first-order valence-electron chi connectivity index (χ1n) is 5.47. The number of hydrogen-bond acceptors (Lipinski definition) is 4. The summed E-state index contributed by atoms with van der Waals surface area (Å²) >= 11 is 0. The highest BCUT2D eigenvalue weighted by Crippen LogP contribution is 1.81. The minimum Gasteiger partial charge on any atom is -0.394 e. The molecule has 0 atom stereocenters. The molecule has 0 aromatic heterocycles. The van der Waals surface area contributed by atoms with Crippen LogP contribution in [-0.2, 0) is 9.53 Å². The number of amides is 1. The van der Waals surface area contributed by atoms with E-state index >= 15 is 0 Å². The van der Waals surface area contributed by atoms with E-state index in [9.17, 15) is 4.79 Å². The minimum atomic E-state index is 0.0191. The van der Waals surface area contributed by atoms with Gasteiger partial charge in [0, 0.05) is 13.1 Å². The Labute approximate surface area is 91.2 Å². The van der Waals surface area contributed by atoms with Crippen LogP contribution in [0.25, 0.3) is 0 Å². The average Bonchev–Trinajstić information content (AvgIpc) is 2.23. The van der Waals surface area contributed by atoms with E-state index < -0.39 is 0 Å². The van der Waals surface area contributed by atoms with Crippen LogP contribution in [0, 0.1) is 0 Å². The Morgan fingerprint density at radius 1 is 1.33 bits per heavy atom. The van der Waals surface area contributed by atoms with Gasteiger partial charge in [-0.2, -0.15) is 0 Å². The molecule has 0 aliphatic carbocycles. The third-order valence-corrected chi connectivity index (χ3v) is 1.80. The molecule has 0 aliphatic heterocycles. The second-order valence-electron chi connectivity index (χ2n) is 3.22. The number of ether oxygens (including phenoxy) is 1.